The number of ether oxygens (including phenoxy) is 3. The molecule has 1 aromatic rings. The molecule has 1 aliphatic heterocycles. The smallest absolute Gasteiger partial charge is 0.340 e. The maximum absolute atomic E-state index is 12.0. The lowest BCUT2D eigenvalue weighted by Gasteiger charge is -2.34. The topological polar surface area (TPSA) is 44.8 Å². The number of rotatable bonds is 3. The summed E-state index contributed by atoms with van der Waals surface area (Å²) in [6, 6.07) is 5.58. The van der Waals surface area contributed by atoms with Crippen LogP contribution in [0, 0.1) is 0 Å². The third-order valence-corrected chi connectivity index (χ3v) is 3.44. The highest BCUT2D eigenvalue weighted by Crippen LogP contribution is 2.37. The molecule has 0 saturated heterocycles. The maximum Gasteiger partial charge on any atom is 0.340 e. The van der Waals surface area contributed by atoms with Crippen LogP contribution in [0.1, 0.15) is 19.4 Å². The summed E-state index contributed by atoms with van der Waals surface area (Å²) < 4.78 is 17.1. The van der Waals surface area contributed by atoms with Gasteiger partial charge in [0.2, 0.25) is 5.79 Å². The van der Waals surface area contributed by atoms with Gasteiger partial charge in [-0.1, -0.05) is 15.9 Å². The van der Waals surface area contributed by atoms with Crippen LogP contribution in [0.25, 0.3) is 6.08 Å². The molecule has 0 radical (unpaired) electrons. The third kappa shape index (κ3) is 2.67. The molecular weight excluding hydrogens is 312 g/mol. The SMILES string of the molecule is CCOC(=O)C1=Cc2cc(Br)ccc2OC1(C)OC. The van der Waals surface area contributed by atoms with Crippen molar-refractivity contribution in [1.82, 2.24) is 0 Å². The van der Waals surface area contributed by atoms with Gasteiger partial charge in [0.1, 0.15) is 11.3 Å². The second-order valence-corrected chi connectivity index (χ2v) is 5.13. The van der Waals surface area contributed by atoms with Crippen LogP contribution < -0.4 is 4.74 Å². The van der Waals surface area contributed by atoms with E-state index in [1.165, 1.54) is 7.11 Å². The molecule has 1 unspecified atom stereocenters. The number of hydrogen-bond donors (Lipinski definition) is 0. The maximum atomic E-state index is 12.0. The van der Waals surface area contributed by atoms with E-state index < -0.39 is 11.8 Å². The molecule has 0 amide bonds. The molecule has 1 aliphatic rings. The summed E-state index contributed by atoms with van der Waals surface area (Å²) in [4.78, 5) is 12.0. The number of methoxy groups -OCH3 is 1. The summed E-state index contributed by atoms with van der Waals surface area (Å²) in [7, 11) is 1.50. The summed E-state index contributed by atoms with van der Waals surface area (Å²) in [6.45, 7) is 3.76. The second-order valence-electron chi connectivity index (χ2n) is 4.21. The Hall–Kier alpha value is -1.33. The van der Waals surface area contributed by atoms with Crippen molar-refractivity contribution in [3.8, 4) is 5.75 Å². The summed E-state index contributed by atoms with van der Waals surface area (Å²) in [5, 5.41) is 0. The van der Waals surface area contributed by atoms with E-state index in [0.29, 0.717) is 17.9 Å². The fraction of sp³-hybridized carbons (Fsp3) is 0.357. The average molecular weight is 327 g/mol. The quantitative estimate of drug-likeness (QED) is 0.800. The molecule has 2 rings (SSSR count). The molecule has 1 aromatic carbocycles. The molecule has 0 aliphatic carbocycles. The predicted octanol–water partition coefficient (Wildman–Crippen LogP) is 3.15. The Morgan fingerprint density at radius 1 is 1.47 bits per heavy atom. The first-order valence-corrected chi connectivity index (χ1v) is 6.72. The lowest BCUT2D eigenvalue weighted by molar-refractivity contribution is -0.155. The van der Waals surface area contributed by atoms with Crippen LogP contribution in [0.4, 0.5) is 0 Å². The monoisotopic (exact) mass is 326 g/mol. The summed E-state index contributed by atoms with van der Waals surface area (Å²) in [5.74, 6) is -0.898. The highest BCUT2D eigenvalue weighted by molar-refractivity contribution is 9.10. The van der Waals surface area contributed by atoms with Gasteiger partial charge >= 0.3 is 5.97 Å². The molecule has 1 heterocycles. The molecule has 0 spiro atoms. The van der Waals surface area contributed by atoms with E-state index in [-0.39, 0.29) is 0 Å². The zero-order valence-corrected chi connectivity index (χ0v) is 12.6. The van der Waals surface area contributed by atoms with Crippen LogP contribution >= 0.6 is 15.9 Å². The minimum atomic E-state index is -1.13. The van der Waals surface area contributed by atoms with Crippen molar-refractivity contribution in [2.24, 2.45) is 0 Å². The summed E-state index contributed by atoms with van der Waals surface area (Å²) in [6.07, 6.45) is 1.74. The van der Waals surface area contributed by atoms with Gasteiger partial charge in [0, 0.05) is 24.1 Å². The van der Waals surface area contributed by atoms with E-state index in [4.69, 9.17) is 14.2 Å². The molecule has 0 N–H and O–H groups in total. The van der Waals surface area contributed by atoms with E-state index in [2.05, 4.69) is 15.9 Å². The first kappa shape index (κ1) is 14.1. The van der Waals surface area contributed by atoms with Crippen LogP contribution in [0.15, 0.2) is 28.2 Å². The Balaban J connectivity index is 2.49. The van der Waals surface area contributed by atoms with Crippen molar-refractivity contribution in [2.45, 2.75) is 19.6 Å². The van der Waals surface area contributed by atoms with Crippen molar-refractivity contribution < 1.29 is 19.0 Å². The first-order valence-electron chi connectivity index (χ1n) is 5.93. The zero-order valence-electron chi connectivity index (χ0n) is 11.0. The van der Waals surface area contributed by atoms with E-state index in [9.17, 15) is 4.79 Å². The Labute approximate surface area is 120 Å². The second kappa shape index (κ2) is 5.35. The van der Waals surface area contributed by atoms with Crippen LogP contribution in [0.2, 0.25) is 0 Å². The molecule has 0 aromatic heterocycles. The largest absolute Gasteiger partial charge is 0.462 e. The zero-order chi connectivity index (χ0) is 14.0. The lowest BCUT2D eigenvalue weighted by Crippen LogP contribution is -2.42. The predicted molar refractivity (Wildman–Crippen MR) is 74.8 cm³/mol. The van der Waals surface area contributed by atoms with Gasteiger partial charge in [0.05, 0.1) is 6.61 Å². The number of benzene rings is 1. The lowest BCUT2D eigenvalue weighted by atomic mass is 10.00. The fourth-order valence-corrected chi connectivity index (χ4v) is 2.26. The minimum absolute atomic E-state index is 0.307. The van der Waals surface area contributed by atoms with Crippen molar-refractivity contribution in [2.75, 3.05) is 13.7 Å². The summed E-state index contributed by atoms with van der Waals surface area (Å²) in [5.41, 5.74) is 1.16. The number of fused-ring (bicyclic) bond motifs is 1. The van der Waals surface area contributed by atoms with Gasteiger partial charge in [0.15, 0.2) is 0 Å². The molecule has 102 valence electrons. The average Bonchev–Trinajstić information content (AvgIpc) is 2.39. The Morgan fingerprint density at radius 3 is 2.84 bits per heavy atom. The Bertz CT molecular complexity index is 538. The van der Waals surface area contributed by atoms with Gasteiger partial charge in [0.25, 0.3) is 0 Å². The first-order chi connectivity index (χ1) is 9.00. The molecule has 5 heteroatoms. The van der Waals surface area contributed by atoms with Gasteiger partial charge < -0.3 is 14.2 Å². The number of hydrogen-bond acceptors (Lipinski definition) is 4. The van der Waals surface area contributed by atoms with Gasteiger partial charge in [-0.3, -0.25) is 0 Å². The van der Waals surface area contributed by atoms with Gasteiger partial charge in [-0.15, -0.1) is 0 Å². The molecule has 1 atom stereocenters. The number of esters is 1. The van der Waals surface area contributed by atoms with Gasteiger partial charge in [-0.2, -0.15) is 0 Å². The van der Waals surface area contributed by atoms with Crippen LogP contribution in [0.3, 0.4) is 0 Å². The van der Waals surface area contributed by atoms with Crippen molar-refractivity contribution >= 4 is 28.0 Å². The Morgan fingerprint density at radius 2 is 2.21 bits per heavy atom. The van der Waals surface area contributed by atoms with E-state index >= 15 is 0 Å². The normalized spacial score (nSPS) is 21.2. The number of carbonyl (C=O) groups excluding carboxylic acids is 1. The minimum Gasteiger partial charge on any atom is -0.462 e. The number of carbonyl (C=O) groups is 1. The van der Waals surface area contributed by atoms with Crippen molar-refractivity contribution in [1.29, 1.82) is 0 Å². The fourth-order valence-electron chi connectivity index (χ4n) is 1.88. The highest BCUT2D eigenvalue weighted by Gasteiger charge is 2.40. The van der Waals surface area contributed by atoms with Gasteiger partial charge in [-0.05, 0) is 31.2 Å². The highest BCUT2D eigenvalue weighted by atomic mass is 79.9. The summed E-state index contributed by atoms with van der Waals surface area (Å²) >= 11 is 3.39. The molecule has 4 nitrogen and oxygen atoms in total. The van der Waals surface area contributed by atoms with Crippen molar-refractivity contribution in [3.05, 3.63) is 33.8 Å². The molecule has 0 fully saturated rings. The number of halogens is 1. The van der Waals surface area contributed by atoms with Crippen LogP contribution in [-0.4, -0.2) is 25.5 Å². The Kier molecular flexibility index (Phi) is 3.96. The van der Waals surface area contributed by atoms with E-state index in [1.807, 2.05) is 18.2 Å². The van der Waals surface area contributed by atoms with E-state index in [1.54, 1.807) is 19.9 Å². The molecule has 0 saturated carbocycles. The van der Waals surface area contributed by atoms with Crippen LogP contribution in [0.5, 0.6) is 5.75 Å². The molecule has 19 heavy (non-hydrogen) atoms. The van der Waals surface area contributed by atoms with Crippen LogP contribution in [-0.2, 0) is 14.3 Å². The molecular formula is C14H15BrO4. The standard InChI is InChI=1S/C14H15BrO4/c1-4-18-13(16)11-8-9-7-10(15)5-6-12(9)19-14(11,2)17-3/h5-8H,4H2,1-3H3. The van der Waals surface area contributed by atoms with Gasteiger partial charge in [-0.25, -0.2) is 4.79 Å². The van der Waals surface area contributed by atoms with E-state index in [0.717, 1.165) is 10.0 Å². The van der Waals surface area contributed by atoms with Crippen molar-refractivity contribution in [3.63, 3.8) is 0 Å². The molecule has 0 bridgehead atoms. The third-order valence-electron chi connectivity index (χ3n) is 2.95.